The monoisotopic (exact) mass is 552 g/mol. The number of hydrogen-bond donors (Lipinski definition) is 0. The Kier molecular flexibility index (Phi) is 6.55. The van der Waals surface area contributed by atoms with Gasteiger partial charge in [0.1, 0.15) is 0 Å². The summed E-state index contributed by atoms with van der Waals surface area (Å²) >= 11 is 5.44. The van der Waals surface area contributed by atoms with Gasteiger partial charge in [0.15, 0.2) is 0 Å². The highest BCUT2D eigenvalue weighted by molar-refractivity contribution is 7.15. The minimum absolute atomic E-state index is 1.23. The van der Waals surface area contributed by atoms with Gasteiger partial charge in [-0.2, -0.15) is 0 Å². The van der Waals surface area contributed by atoms with Gasteiger partial charge in [-0.15, -0.1) is 34.0 Å². The Labute approximate surface area is 241 Å². The summed E-state index contributed by atoms with van der Waals surface area (Å²) in [6.07, 6.45) is 0. The molecule has 0 amide bonds. The Morgan fingerprint density at radius 2 is 0.538 bits per heavy atom. The van der Waals surface area contributed by atoms with Crippen molar-refractivity contribution in [2.75, 3.05) is 0 Å². The third kappa shape index (κ3) is 4.39. The molecule has 0 aliphatic rings. The second kappa shape index (κ2) is 10.6. The summed E-state index contributed by atoms with van der Waals surface area (Å²) < 4.78 is 0. The van der Waals surface area contributed by atoms with E-state index in [0.29, 0.717) is 0 Å². The summed E-state index contributed by atoms with van der Waals surface area (Å²) in [6, 6.07) is 46.2. The van der Waals surface area contributed by atoms with Gasteiger partial charge in [-0.1, -0.05) is 109 Å². The Bertz CT molecular complexity index is 1800. The van der Waals surface area contributed by atoms with Gasteiger partial charge in [-0.05, 0) is 62.2 Å². The molecular weight excluding hydrogens is 529 g/mol. The maximum absolute atomic E-state index is 2.28. The molecule has 7 rings (SSSR count). The SMILES string of the molecule is c1ccc(-c2c(-c3ccccc3)c(-c3cccs3)c(-c3cccs3)c(-c3ccccc3)c2-c2cccs2)cc1. The zero-order valence-electron chi connectivity index (χ0n) is 21.1. The molecule has 39 heavy (non-hydrogen) atoms. The van der Waals surface area contributed by atoms with Crippen molar-refractivity contribution in [1.29, 1.82) is 0 Å². The lowest BCUT2D eigenvalue weighted by Crippen LogP contribution is -2.00. The normalized spacial score (nSPS) is 11.1. The van der Waals surface area contributed by atoms with E-state index in [-0.39, 0.29) is 0 Å². The third-order valence-electron chi connectivity index (χ3n) is 6.99. The maximum Gasteiger partial charge on any atom is 0.0355 e. The molecule has 3 heteroatoms. The van der Waals surface area contributed by atoms with Crippen molar-refractivity contribution in [3.63, 3.8) is 0 Å². The zero-order valence-corrected chi connectivity index (χ0v) is 23.5. The van der Waals surface area contributed by atoms with Gasteiger partial charge < -0.3 is 0 Å². The molecule has 0 radical (unpaired) electrons. The third-order valence-corrected chi connectivity index (χ3v) is 9.65. The molecule has 0 aliphatic heterocycles. The predicted octanol–water partition coefficient (Wildman–Crippen LogP) is 11.9. The first-order chi connectivity index (χ1) is 19.4. The highest BCUT2D eigenvalue weighted by Gasteiger charge is 2.29. The molecule has 7 aromatic rings. The lowest BCUT2D eigenvalue weighted by atomic mass is 9.78. The summed E-state index contributed by atoms with van der Waals surface area (Å²) in [6.45, 7) is 0. The molecule has 0 saturated heterocycles. The van der Waals surface area contributed by atoms with Gasteiger partial charge in [0.2, 0.25) is 0 Å². The number of benzene rings is 4. The van der Waals surface area contributed by atoms with E-state index in [1.54, 1.807) is 0 Å². The lowest BCUT2D eigenvalue weighted by Gasteiger charge is -2.27. The fourth-order valence-corrected chi connectivity index (χ4v) is 7.78. The standard InChI is InChI=1S/C36H24S3/c1-4-13-25(14-5-1)31-32(26-15-6-2-7-16-26)35(29-20-11-23-38-29)36(30-21-12-24-39-30)33(27-17-8-3-9-18-27)34(31)28-19-10-22-37-28/h1-24H. The molecule has 0 saturated carbocycles. The van der Waals surface area contributed by atoms with Crippen LogP contribution in [0.4, 0.5) is 0 Å². The second-order valence-electron chi connectivity index (χ2n) is 9.28. The molecule has 0 bridgehead atoms. The summed E-state index contributed by atoms with van der Waals surface area (Å²) in [4.78, 5) is 3.84. The van der Waals surface area contributed by atoms with E-state index in [4.69, 9.17) is 0 Å². The van der Waals surface area contributed by atoms with E-state index < -0.39 is 0 Å². The molecule has 0 N–H and O–H groups in total. The van der Waals surface area contributed by atoms with Crippen LogP contribution in [0.15, 0.2) is 144 Å². The highest BCUT2D eigenvalue weighted by atomic mass is 32.1. The fraction of sp³-hybridized carbons (Fsp3) is 0. The molecule has 3 aromatic heterocycles. The molecule has 4 aromatic carbocycles. The van der Waals surface area contributed by atoms with Crippen LogP contribution >= 0.6 is 34.0 Å². The van der Waals surface area contributed by atoms with Crippen LogP contribution in [-0.4, -0.2) is 0 Å². The fourth-order valence-electron chi connectivity index (χ4n) is 5.43. The summed E-state index contributed by atoms with van der Waals surface area (Å²) in [5.41, 5.74) is 11.5. The minimum Gasteiger partial charge on any atom is -0.144 e. The highest BCUT2D eigenvalue weighted by Crippen LogP contribution is 2.57. The first kappa shape index (κ1) is 24.1. The van der Waals surface area contributed by atoms with Crippen LogP contribution in [0, 0.1) is 0 Å². The van der Waals surface area contributed by atoms with Crippen LogP contribution in [-0.2, 0) is 0 Å². The van der Waals surface area contributed by atoms with Crippen LogP contribution in [0.2, 0.25) is 0 Å². The van der Waals surface area contributed by atoms with Crippen LogP contribution < -0.4 is 0 Å². The van der Waals surface area contributed by atoms with Crippen LogP contribution in [0.1, 0.15) is 0 Å². The first-order valence-corrected chi connectivity index (χ1v) is 15.6. The van der Waals surface area contributed by atoms with Crippen LogP contribution in [0.25, 0.3) is 64.7 Å². The van der Waals surface area contributed by atoms with E-state index in [9.17, 15) is 0 Å². The topological polar surface area (TPSA) is 0 Å². The van der Waals surface area contributed by atoms with E-state index >= 15 is 0 Å². The predicted molar refractivity (Wildman–Crippen MR) is 173 cm³/mol. The number of hydrogen-bond acceptors (Lipinski definition) is 3. The number of rotatable bonds is 6. The lowest BCUT2D eigenvalue weighted by molar-refractivity contribution is 1.56. The van der Waals surface area contributed by atoms with E-state index in [1.807, 2.05) is 34.0 Å². The minimum atomic E-state index is 1.23. The number of thiophene rings is 3. The van der Waals surface area contributed by atoms with Gasteiger partial charge in [-0.25, -0.2) is 0 Å². The van der Waals surface area contributed by atoms with Gasteiger partial charge >= 0.3 is 0 Å². The first-order valence-electron chi connectivity index (χ1n) is 12.9. The van der Waals surface area contributed by atoms with Crippen molar-refractivity contribution < 1.29 is 0 Å². The van der Waals surface area contributed by atoms with E-state index in [0.717, 1.165) is 0 Å². The quantitative estimate of drug-likeness (QED) is 0.192. The summed E-state index contributed by atoms with van der Waals surface area (Å²) in [5.74, 6) is 0. The smallest absolute Gasteiger partial charge is 0.0355 e. The Hall–Kier alpha value is -4.02. The van der Waals surface area contributed by atoms with Gasteiger partial charge in [0, 0.05) is 36.9 Å². The molecule has 0 nitrogen and oxygen atoms in total. The van der Waals surface area contributed by atoms with Gasteiger partial charge in [0.25, 0.3) is 0 Å². The average Bonchev–Trinajstić information content (AvgIpc) is 3.81. The Morgan fingerprint density at radius 1 is 0.256 bits per heavy atom. The average molecular weight is 553 g/mol. The molecule has 186 valence electrons. The van der Waals surface area contributed by atoms with Gasteiger partial charge in [0.05, 0.1) is 0 Å². The Morgan fingerprint density at radius 3 is 0.821 bits per heavy atom. The second-order valence-corrected chi connectivity index (χ2v) is 12.1. The largest absolute Gasteiger partial charge is 0.144 e. The molecule has 0 atom stereocenters. The maximum atomic E-state index is 2.28. The molecule has 0 spiro atoms. The van der Waals surface area contributed by atoms with Crippen molar-refractivity contribution in [2.24, 2.45) is 0 Å². The van der Waals surface area contributed by atoms with Crippen LogP contribution in [0.3, 0.4) is 0 Å². The molecule has 3 heterocycles. The van der Waals surface area contributed by atoms with Crippen molar-refractivity contribution in [2.45, 2.75) is 0 Å². The molecule has 0 unspecified atom stereocenters. The van der Waals surface area contributed by atoms with E-state index in [1.165, 1.54) is 64.7 Å². The summed E-state index contributed by atoms with van der Waals surface area (Å²) in [7, 11) is 0. The van der Waals surface area contributed by atoms with Crippen molar-refractivity contribution in [1.82, 2.24) is 0 Å². The van der Waals surface area contributed by atoms with Crippen LogP contribution in [0.5, 0.6) is 0 Å². The van der Waals surface area contributed by atoms with Crippen molar-refractivity contribution >= 4 is 34.0 Å². The Balaban J connectivity index is 1.80. The molecule has 0 aliphatic carbocycles. The van der Waals surface area contributed by atoms with E-state index in [2.05, 4.69) is 144 Å². The van der Waals surface area contributed by atoms with Crippen molar-refractivity contribution in [3.05, 3.63) is 144 Å². The van der Waals surface area contributed by atoms with Gasteiger partial charge in [-0.3, -0.25) is 0 Å². The molecule has 0 fully saturated rings. The summed E-state index contributed by atoms with van der Waals surface area (Å²) in [5, 5.41) is 6.58. The van der Waals surface area contributed by atoms with Crippen molar-refractivity contribution in [3.8, 4) is 64.7 Å². The zero-order chi connectivity index (χ0) is 26.0. The molecular formula is C36H24S3.